The molecule has 90 valence electrons. The number of hydrogen-bond donors (Lipinski definition) is 0. The number of aromatic nitrogens is 4. The second-order valence-corrected chi connectivity index (χ2v) is 4.86. The Labute approximate surface area is 103 Å². The minimum Gasteiger partial charge on any atom is -0.292 e. The molecule has 0 aliphatic carbocycles. The summed E-state index contributed by atoms with van der Waals surface area (Å²) in [5, 5.41) is 10.6. The van der Waals surface area contributed by atoms with E-state index in [2.05, 4.69) is 15.3 Å². The molecule has 5 nitrogen and oxygen atoms in total. The molecule has 0 spiro atoms. The summed E-state index contributed by atoms with van der Waals surface area (Å²) < 4.78 is 1.65. The predicted octanol–water partition coefficient (Wildman–Crippen LogP) is 1.88. The third kappa shape index (κ3) is 2.76. The Kier molecular flexibility index (Phi) is 3.63. The minimum atomic E-state index is 0.0220. The molecule has 0 atom stereocenters. The van der Waals surface area contributed by atoms with Crippen LogP contribution in [0.4, 0.5) is 0 Å². The number of carbonyl (C=O) groups is 1. The van der Waals surface area contributed by atoms with Crippen LogP contribution in [0.3, 0.4) is 0 Å². The summed E-state index contributed by atoms with van der Waals surface area (Å²) in [5.41, 5.74) is 1.39. The first-order valence-corrected chi connectivity index (χ1v) is 6.41. The minimum absolute atomic E-state index is 0.0220. The summed E-state index contributed by atoms with van der Waals surface area (Å²) in [6, 6.07) is 0. The standard InChI is InChI=1S/C11H14N4OS/c1-3-4-15-10(6-12-14-15)11(16)5-9-7-17-8(2)13-9/h6-7H,3-5H2,1-2H3. The second kappa shape index (κ2) is 5.18. The molecule has 6 heteroatoms. The number of Topliss-reactive ketones (excluding diaryl/α,β-unsaturated/α-hetero) is 1. The monoisotopic (exact) mass is 250 g/mol. The van der Waals surface area contributed by atoms with Crippen molar-refractivity contribution in [1.29, 1.82) is 0 Å². The van der Waals surface area contributed by atoms with E-state index in [1.807, 2.05) is 19.2 Å². The Morgan fingerprint density at radius 3 is 3.00 bits per heavy atom. The van der Waals surface area contributed by atoms with Crippen LogP contribution in [0.15, 0.2) is 11.6 Å². The molecule has 17 heavy (non-hydrogen) atoms. The highest BCUT2D eigenvalue weighted by atomic mass is 32.1. The third-order valence-electron chi connectivity index (χ3n) is 2.35. The zero-order valence-electron chi connectivity index (χ0n) is 9.88. The van der Waals surface area contributed by atoms with Crippen molar-refractivity contribution >= 4 is 17.1 Å². The van der Waals surface area contributed by atoms with E-state index >= 15 is 0 Å². The lowest BCUT2D eigenvalue weighted by atomic mass is 10.2. The molecule has 0 bridgehead atoms. The highest BCUT2D eigenvalue weighted by Crippen LogP contribution is 2.11. The van der Waals surface area contributed by atoms with Crippen LogP contribution in [0.5, 0.6) is 0 Å². The van der Waals surface area contributed by atoms with Crippen LogP contribution >= 0.6 is 11.3 Å². The van der Waals surface area contributed by atoms with Crippen LogP contribution in [0.25, 0.3) is 0 Å². The van der Waals surface area contributed by atoms with Crippen LogP contribution in [-0.2, 0) is 13.0 Å². The maximum absolute atomic E-state index is 12.0. The zero-order chi connectivity index (χ0) is 12.3. The average Bonchev–Trinajstić information content (AvgIpc) is 2.88. The fourth-order valence-corrected chi connectivity index (χ4v) is 2.21. The van der Waals surface area contributed by atoms with Gasteiger partial charge in [-0.1, -0.05) is 12.1 Å². The number of carbonyl (C=O) groups excluding carboxylic acids is 1. The molecule has 0 fully saturated rings. The number of thiazole rings is 1. The molecule has 0 aliphatic heterocycles. The van der Waals surface area contributed by atoms with Gasteiger partial charge in [-0.05, 0) is 13.3 Å². The summed E-state index contributed by atoms with van der Waals surface area (Å²) in [6.07, 6.45) is 2.78. The molecule has 0 saturated carbocycles. The lowest BCUT2D eigenvalue weighted by molar-refractivity contribution is 0.0981. The Hall–Kier alpha value is -1.56. The van der Waals surface area contributed by atoms with Crippen molar-refractivity contribution in [3.63, 3.8) is 0 Å². The van der Waals surface area contributed by atoms with Crippen molar-refractivity contribution < 1.29 is 4.79 Å². The number of aryl methyl sites for hydroxylation is 2. The number of ketones is 1. The van der Waals surface area contributed by atoms with E-state index < -0.39 is 0 Å². The smallest absolute Gasteiger partial charge is 0.188 e. The van der Waals surface area contributed by atoms with E-state index in [4.69, 9.17) is 0 Å². The van der Waals surface area contributed by atoms with Crippen molar-refractivity contribution in [3.05, 3.63) is 28.0 Å². The number of nitrogens with zero attached hydrogens (tertiary/aromatic N) is 4. The quantitative estimate of drug-likeness (QED) is 0.760. The summed E-state index contributed by atoms with van der Waals surface area (Å²) in [6.45, 7) is 4.69. The van der Waals surface area contributed by atoms with E-state index in [0.717, 1.165) is 23.7 Å². The highest BCUT2D eigenvalue weighted by Gasteiger charge is 2.14. The van der Waals surface area contributed by atoms with E-state index in [-0.39, 0.29) is 5.78 Å². The van der Waals surface area contributed by atoms with Crippen LogP contribution in [0.2, 0.25) is 0 Å². The Bertz CT molecular complexity index is 517. The van der Waals surface area contributed by atoms with Gasteiger partial charge in [0.2, 0.25) is 0 Å². The van der Waals surface area contributed by atoms with Gasteiger partial charge in [0.25, 0.3) is 0 Å². The Morgan fingerprint density at radius 2 is 2.35 bits per heavy atom. The molecule has 0 radical (unpaired) electrons. The van der Waals surface area contributed by atoms with Gasteiger partial charge < -0.3 is 0 Å². The fraction of sp³-hybridized carbons (Fsp3) is 0.455. The van der Waals surface area contributed by atoms with Gasteiger partial charge in [0.05, 0.1) is 23.3 Å². The molecule has 0 amide bonds. The summed E-state index contributed by atoms with van der Waals surface area (Å²) in [7, 11) is 0. The van der Waals surface area contributed by atoms with Gasteiger partial charge in [0, 0.05) is 11.9 Å². The van der Waals surface area contributed by atoms with E-state index in [1.165, 1.54) is 6.20 Å². The number of hydrogen-bond acceptors (Lipinski definition) is 5. The normalized spacial score (nSPS) is 10.7. The van der Waals surface area contributed by atoms with Gasteiger partial charge in [-0.15, -0.1) is 16.4 Å². The topological polar surface area (TPSA) is 60.7 Å². The van der Waals surface area contributed by atoms with Crippen LogP contribution in [-0.4, -0.2) is 25.8 Å². The predicted molar refractivity (Wildman–Crippen MR) is 65.2 cm³/mol. The lowest BCUT2D eigenvalue weighted by Crippen LogP contribution is -2.12. The Morgan fingerprint density at radius 1 is 1.53 bits per heavy atom. The maximum Gasteiger partial charge on any atom is 0.188 e. The maximum atomic E-state index is 12.0. The fourth-order valence-electron chi connectivity index (χ4n) is 1.60. The molecule has 0 N–H and O–H groups in total. The number of rotatable bonds is 5. The lowest BCUT2D eigenvalue weighted by Gasteiger charge is -2.02. The first-order chi connectivity index (χ1) is 8.20. The van der Waals surface area contributed by atoms with Gasteiger partial charge in [-0.2, -0.15) is 0 Å². The largest absolute Gasteiger partial charge is 0.292 e. The van der Waals surface area contributed by atoms with Gasteiger partial charge >= 0.3 is 0 Å². The summed E-state index contributed by atoms with van der Waals surface area (Å²) in [4.78, 5) is 16.3. The Balaban J connectivity index is 2.11. The summed E-state index contributed by atoms with van der Waals surface area (Å²) >= 11 is 1.56. The second-order valence-electron chi connectivity index (χ2n) is 3.80. The molecular weight excluding hydrogens is 236 g/mol. The van der Waals surface area contributed by atoms with Crippen LogP contribution in [0.1, 0.15) is 34.5 Å². The molecule has 2 aromatic heterocycles. The zero-order valence-corrected chi connectivity index (χ0v) is 10.7. The molecular formula is C11H14N4OS. The van der Waals surface area contributed by atoms with Crippen molar-refractivity contribution in [2.45, 2.75) is 33.2 Å². The summed E-state index contributed by atoms with van der Waals surface area (Å²) in [5.74, 6) is 0.0220. The van der Waals surface area contributed by atoms with E-state index in [0.29, 0.717) is 12.1 Å². The van der Waals surface area contributed by atoms with Gasteiger partial charge in [-0.25, -0.2) is 9.67 Å². The van der Waals surface area contributed by atoms with Gasteiger partial charge in [-0.3, -0.25) is 4.79 Å². The van der Waals surface area contributed by atoms with Crippen molar-refractivity contribution in [2.24, 2.45) is 0 Å². The van der Waals surface area contributed by atoms with Crippen molar-refractivity contribution in [1.82, 2.24) is 20.0 Å². The van der Waals surface area contributed by atoms with Crippen LogP contribution < -0.4 is 0 Å². The van der Waals surface area contributed by atoms with Gasteiger partial charge in [0.15, 0.2) is 5.78 Å². The van der Waals surface area contributed by atoms with E-state index in [1.54, 1.807) is 16.0 Å². The molecule has 2 rings (SSSR count). The molecule has 0 saturated heterocycles. The van der Waals surface area contributed by atoms with Crippen molar-refractivity contribution in [3.8, 4) is 0 Å². The first kappa shape index (κ1) is 11.9. The SMILES string of the molecule is CCCn1nncc1C(=O)Cc1csc(C)n1. The van der Waals surface area contributed by atoms with Crippen molar-refractivity contribution in [2.75, 3.05) is 0 Å². The molecule has 2 aromatic rings. The molecule has 0 aliphatic rings. The van der Waals surface area contributed by atoms with Crippen LogP contribution in [0, 0.1) is 6.92 Å². The first-order valence-electron chi connectivity index (χ1n) is 5.53. The molecule has 0 aromatic carbocycles. The third-order valence-corrected chi connectivity index (χ3v) is 3.17. The van der Waals surface area contributed by atoms with Gasteiger partial charge in [0.1, 0.15) is 5.69 Å². The highest BCUT2D eigenvalue weighted by molar-refractivity contribution is 7.09. The molecule has 2 heterocycles. The molecule has 0 unspecified atom stereocenters. The average molecular weight is 250 g/mol. The van der Waals surface area contributed by atoms with E-state index in [9.17, 15) is 4.79 Å².